The van der Waals surface area contributed by atoms with E-state index >= 15 is 0 Å². The summed E-state index contributed by atoms with van der Waals surface area (Å²) < 4.78 is 1.06. The van der Waals surface area contributed by atoms with Crippen LogP contribution in [0.25, 0.3) is 0 Å². The molecule has 1 saturated carbocycles. The number of hydrogen-bond acceptors (Lipinski definition) is 2. The molecular formula is C16H20BrNO2. The third kappa shape index (κ3) is 2.77. The van der Waals surface area contributed by atoms with Gasteiger partial charge >= 0.3 is 5.97 Å². The molecule has 0 bridgehead atoms. The van der Waals surface area contributed by atoms with E-state index < -0.39 is 5.97 Å². The van der Waals surface area contributed by atoms with Gasteiger partial charge in [-0.3, -0.25) is 9.69 Å². The first-order valence-electron chi connectivity index (χ1n) is 7.38. The zero-order chi connectivity index (χ0) is 14.1. The van der Waals surface area contributed by atoms with Crippen molar-refractivity contribution in [1.82, 2.24) is 4.90 Å². The number of carboxylic acid groups (broad SMARTS) is 1. The smallest absolute Gasteiger partial charge is 0.320 e. The number of halogens is 1. The van der Waals surface area contributed by atoms with Crippen LogP contribution in [0.15, 0.2) is 28.7 Å². The average Bonchev–Trinajstić information content (AvgIpc) is 2.78. The lowest BCUT2D eigenvalue weighted by Gasteiger charge is -2.33. The second kappa shape index (κ2) is 5.86. The van der Waals surface area contributed by atoms with E-state index in [1.54, 1.807) is 0 Å². The predicted octanol–water partition coefficient (Wildman–Crippen LogP) is 3.67. The number of nitrogens with zero attached hydrogens (tertiary/aromatic N) is 1. The molecule has 108 valence electrons. The number of likely N-dealkylation sites (tertiary alicyclic amines) is 1. The summed E-state index contributed by atoms with van der Waals surface area (Å²) in [5.41, 5.74) is 1.19. The summed E-state index contributed by atoms with van der Waals surface area (Å²) in [7, 11) is 0. The van der Waals surface area contributed by atoms with Gasteiger partial charge in [-0.15, -0.1) is 0 Å². The Kier molecular flexibility index (Phi) is 4.13. The van der Waals surface area contributed by atoms with Crippen LogP contribution in [0.5, 0.6) is 0 Å². The highest BCUT2D eigenvalue weighted by molar-refractivity contribution is 9.10. The number of carboxylic acids is 1. The van der Waals surface area contributed by atoms with Crippen LogP contribution in [0.2, 0.25) is 0 Å². The second-order valence-electron chi connectivity index (χ2n) is 6.00. The molecule has 3 rings (SSSR count). The van der Waals surface area contributed by atoms with Gasteiger partial charge in [0.1, 0.15) is 6.04 Å². The van der Waals surface area contributed by atoms with E-state index in [9.17, 15) is 9.90 Å². The molecule has 2 fully saturated rings. The maximum atomic E-state index is 11.6. The molecule has 1 saturated heterocycles. The van der Waals surface area contributed by atoms with Gasteiger partial charge in [0.05, 0.1) is 0 Å². The standard InChI is InChI=1S/C16H20BrNO2/c17-13-6-3-4-11(8-13)10-18-14-7-2-1-5-12(14)9-15(18)16(19)20/h3-4,6,8,12,14-15H,1-2,5,7,9-10H2,(H,19,20). The topological polar surface area (TPSA) is 40.5 Å². The van der Waals surface area contributed by atoms with Gasteiger partial charge in [-0.1, -0.05) is 40.9 Å². The Morgan fingerprint density at radius 1 is 1.35 bits per heavy atom. The predicted molar refractivity (Wildman–Crippen MR) is 81.5 cm³/mol. The van der Waals surface area contributed by atoms with Crippen LogP contribution in [0.3, 0.4) is 0 Å². The Morgan fingerprint density at radius 3 is 2.90 bits per heavy atom. The molecule has 1 aliphatic carbocycles. The number of carbonyl (C=O) groups is 1. The molecule has 4 heteroatoms. The molecule has 1 heterocycles. The average molecular weight is 338 g/mol. The minimum atomic E-state index is -0.658. The summed E-state index contributed by atoms with van der Waals surface area (Å²) in [6.07, 6.45) is 5.68. The molecule has 0 amide bonds. The summed E-state index contributed by atoms with van der Waals surface area (Å²) in [6, 6.07) is 8.36. The van der Waals surface area contributed by atoms with Crippen LogP contribution in [0.1, 0.15) is 37.7 Å². The fourth-order valence-corrected chi connectivity index (χ4v) is 4.32. The van der Waals surface area contributed by atoms with Gasteiger partial charge in [0.15, 0.2) is 0 Å². The van der Waals surface area contributed by atoms with E-state index in [2.05, 4.69) is 33.0 Å². The van der Waals surface area contributed by atoms with Gasteiger partial charge in [0, 0.05) is 17.1 Å². The quantitative estimate of drug-likeness (QED) is 0.914. The summed E-state index contributed by atoms with van der Waals surface area (Å²) in [5.74, 6) is -0.0774. The molecule has 3 nitrogen and oxygen atoms in total. The van der Waals surface area contributed by atoms with Crippen molar-refractivity contribution in [2.45, 2.75) is 50.7 Å². The molecule has 1 aromatic carbocycles. The Labute approximate surface area is 128 Å². The normalized spacial score (nSPS) is 30.1. The van der Waals surface area contributed by atoms with Crippen molar-refractivity contribution >= 4 is 21.9 Å². The zero-order valence-corrected chi connectivity index (χ0v) is 13.1. The van der Waals surface area contributed by atoms with Gasteiger partial charge in [0.25, 0.3) is 0 Å². The number of fused-ring (bicyclic) bond motifs is 1. The van der Waals surface area contributed by atoms with Crippen LogP contribution < -0.4 is 0 Å². The SMILES string of the molecule is O=C(O)C1CC2CCCCC2N1Cc1cccc(Br)c1. The monoisotopic (exact) mass is 337 g/mol. The van der Waals surface area contributed by atoms with Crippen molar-refractivity contribution in [3.63, 3.8) is 0 Å². The van der Waals surface area contributed by atoms with Crippen LogP contribution in [-0.2, 0) is 11.3 Å². The van der Waals surface area contributed by atoms with Crippen molar-refractivity contribution in [1.29, 1.82) is 0 Å². The summed E-state index contributed by atoms with van der Waals surface area (Å²) >= 11 is 3.49. The maximum Gasteiger partial charge on any atom is 0.320 e. The van der Waals surface area contributed by atoms with Crippen LogP contribution in [0, 0.1) is 5.92 Å². The molecule has 0 aromatic heterocycles. The minimum absolute atomic E-state index is 0.304. The number of rotatable bonds is 3. The molecule has 3 unspecified atom stereocenters. The van der Waals surface area contributed by atoms with Crippen molar-refractivity contribution in [3.05, 3.63) is 34.3 Å². The van der Waals surface area contributed by atoms with Gasteiger partial charge in [-0.2, -0.15) is 0 Å². The third-order valence-electron chi connectivity index (χ3n) is 4.76. The van der Waals surface area contributed by atoms with Crippen LogP contribution in [0.4, 0.5) is 0 Å². The Bertz CT molecular complexity index is 505. The van der Waals surface area contributed by atoms with Gasteiger partial charge < -0.3 is 5.11 Å². The third-order valence-corrected chi connectivity index (χ3v) is 5.25. The van der Waals surface area contributed by atoms with Crippen molar-refractivity contribution in [2.24, 2.45) is 5.92 Å². The van der Waals surface area contributed by atoms with Gasteiger partial charge in [-0.25, -0.2) is 0 Å². The van der Waals surface area contributed by atoms with E-state index in [0.29, 0.717) is 12.0 Å². The van der Waals surface area contributed by atoms with Crippen molar-refractivity contribution in [2.75, 3.05) is 0 Å². The molecule has 2 aliphatic rings. The number of aliphatic carboxylic acids is 1. The Balaban J connectivity index is 1.82. The lowest BCUT2D eigenvalue weighted by atomic mass is 9.84. The van der Waals surface area contributed by atoms with E-state index in [4.69, 9.17) is 0 Å². The molecule has 3 atom stereocenters. The number of benzene rings is 1. The van der Waals surface area contributed by atoms with E-state index in [0.717, 1.165) is 23.9 Å². The van der Waals surface area contributed by atoms with Crippen LogP contribution in [-0.4, -0.2) is 28.1 Å². The molecule has 20 heavy (non-hydrogen) atoms. The highest BCUT2D eigenvalue weighted by Crippen LogP contribution is 2.40. The zero-order valence-electron chi connectivity index (χ0n) is 11.5. The van der Waals surface area contributed by atoms with E-state index in [-0.39, 0.29) is 6.04 Å². The first kappa shape index (κ1) is 14.1. The molecule has 0 radical (unpaired) electrons. The highest BCUT2D eigenvalue weighted by atomic mass is 79.9. The van der Waals surface area contributed by atoms with Gasteiger partial charge in [0.2, 0.25) is 0 Å². The second-order valence-corrected chi connectivity index (χ2v) is 6.92. The largest absolute Gasteiger partial charge is 0.480 e. The Morgan fingerprint density at radius 2 is 2.15 bits per heavy atom. The summed E-state index contributed by atoms with van der Waals surface area (Å²) in [5, 5.41) is 9.51. The molecular weight excluding hydrogens is 318 g/mol. The fourth-order valence-electron chi connectivity index (χ4n) is 3.87. The fraction of sp³-hybridized carbons (Fsp3) is 0.562. The highest BCUT2D eigenvalue weighted by Gasteiger charge is 2.44. The van der Waals surface area contributed by atoms with Crippen molar-refractivity contribution < 1.29 is 9.90 Å². The first-order chi connectivity index (χ1) is 9.65. The molecule has 1 aliphatic heterocycles. The Hall–Kier alpha value is -0.870. The molecule has 0 spiro atoms. The minimum Gasteiger partial charge on any atom is -0.480 e. The summed E-state index contributed by atoms with van der Waals surface area (Å²) in [4.78, 5) is 13.8. The number of hydrogen-bond donors (Lipinski definition) is 1. The molecule has 1 aromatic rings. The lowest BCUT2D eigenvalue weighted by molar-refractivity contribution is -0.142. The lowest BCUT2D eigenvalue weighted by Crippen LogP contribution is -2.41. The van der Waals surface area contributed by atoms with Crippen molar-refractivity contribution in [3.8, 4) is 0 Å². The van der Waals surface area contributed by atoms with E-state index in [1.165, 1.54) is 24.8 Å². The van der Waals surface area contributed by atoms with Crippen LogP contribution >= 0.6 is 15.9 Å². The van der Waals surface area contributed by atoms with E-state index in [1.807, 2.05) is 12.1 Å². The summed E-state index contributed by atoms with van der Waals surface area (Å²) in [6.45, 7) is 0.748. The van der Waals surface area contributed by atoms with Gasteiger partial charge in [-0.05, 0) is 42.9 Å². The maximum absolute atomic E-state index is 11.6. The molecule has 1 N–H and O–H groups in total. The first-order valence-corrected chi connectivity index (χ1v) is 8.17.